The van der Waals surface area contributed by atoms with Crippen LogP contribution in [-0.4, -0.2) is 43.9 Å². The van der Waals surface area contributed by atoms with Crippen molar-refractivity contribution >= 4 is 5.78 Å². The third-order valence-corrected chi connectivity index (χ3v) is 3.51. The van der Waals surface area contributed by atoms with E-state index in [4.69, 9.17) is 0 Å². The lowest BCUT2D eigenvalue weighted by molar-refractivity contribution is -0.117. The van der Waals surface area contributed by atoms with E-state index < -0.39 is 0 Å². The van der Waals surface area contributed by atoms with Gasteiger partial charge in [-0.1, -0.05) is 0 Å². The molecule has 1 rings (SSSR count). The quantitative estimate of drug-likeness (QED) is 0.745. The van der Waals surface area contributed by atoms with Crippen LogP contribution >= 0.6 is 0 Å². The number of hydrogen-bond acceptors (Lipinski definition) is 3. The summed E-state index contributed by atoms with van der Waals surface area (Å²) in [7, 11) is 4.20. The maximum Gasteiger partial charge on any atom is 0.129 e. The lowest BCUT2D eigenvalue weighted by Crippen LogP contribution is -2.41. The molecule has 88 valence electrons. The lowest BCUT2D eigenvalue weighted by Gasteiger charge is -2.34. The van der Waals surface area contributed by atoms with Crippen molar-refractivity contribution in [3.05, 3.63) is 0 Å². The van der Waals surface area contributed by atoms with Gasteiger partial charge in [-0.05, 0) is 59.3 Å². The molecule has 0 aromatic carbocycles. The molecule has 1 aliphatic heterocycles. The standard InChI is InChI=1S/C12H24N2O/c1-10(15)4-5-12(13-2)11-6-8-14(3)9-7-11/h11-13H,4-9H2,1-3H3. The molecule has 1 aliphatic rings. The summed E-state index contributed by atoms with van der Waals surface area (Å²) in [5.41, 5.74) is 0. The second-order valence-electron chi connectivity index (χ2n) is 4.78. The van der Waals surface area contributed by atoms with Crippen LogP contribution in [0.2, 0.25) is 0 Å². The summed E-state index contributed by atoms with van der Waals surface area (Å²) in [5.74, 6) is 1.06. The Morgan fingerprint density at radius 3 is 2.53 bits per heavy atom. The molecule has 3 heteroatoms. The Morgan fingerprint density at radius 1 is 1.47 bits per heavy atom. The van der Waals surface area contributed by atoms with Crippen LogP contribution in [-0.2, 0) is 4.79 Å². The van der Waals surface area contributed by atoms with Crippen molar-refractivity contribution in [2.75, 3.05) is 27.2 Å². The molecule has 0 spiro atoms. The fourth-order valence-corrected chi connectivity index (χ4v) is 2.41. The van der Waals surface area contributed by atoms with Crippen molar-refractivity contribution in [1.82, 2.24) is 10.2 Å². The Labute approximate surface area is 93.2 Å². The Morgan fingerprint density at radius 2 is 2.07 bits per heavy atom. The van der Waals surface area contributed by atoms with E-state index in [-0.39, 0.29) is 0 Å². The topological polar surface area (TPSA) is 32.3 Å². The zero-order valence-electron chi connectivity index (χ0n) is 10.3. The molecule has 0 aromatic rings. The summed E-state index contributed by atoms with van der Waals surface area (Å²) >= 11 is 0. The second-order valence-corrected chi connectivity index (χ2v) is 4.78. The van der Waals surface area contributed by atoms with Gasteiger partial charge in [-0.3, -0.25) is 0 Å². The fourth-order valence-electron chi connectivity index (χ4n) is 2.41. The van der Waals surface area contributed by atoms with E-state index in [9.17, 15) is 4.79 Å². The largest absolute Gasteiger partial charge is 0.317 e. The Kier molecular flexibility index (Phi) is 5.26. The SMILES string of the molecule is CNC(CCC(C)=O)C1CCN(C)CC1. The minimum absolute atomic E-state index is 0.308. The van der Waals surface area contributed by atoms with Gasteiger partial charge in [0.2, 0.25) is 0 Å². The highest BCUT2D eigenvalue weighted by Crippen LogP contribution is 2.22. The number of likely N-dealkylation sites (tertiary alicyclic amines) is 1. The van der Waals surface area contributed by atoms with Crippen molar-refractivity contribution in [3.63, 3.8) is 0 Å². The number of carbonyl (C=O) groups excluding carboxylic acids is 1. The van der Waals surface area contributed by atoms with Crippen LogP contribution in [0.1, 0.15) is 32.6 Å². The summed E-state index contributed by atoms with van der Waals surface area (Å²) in [6, 6.07) is 0.530. The van der Waals surface area contributed by atoms with Crippen LogP contribution in [0.4, 0.5) is 0 Å². The summed E-state index contributed by atoms with van der Waals surface area (Å²) in [6.45, 7) is 4.08. The van der Waals surface area contributed by atoms with Gasteiger partial charge < -0.3 is 15.0 Å². The van der Waals surface area contributed by atoms with Gasteiger partial charge >= 0.3 is 0 Å². The minimum Gasteiger partial charge on any atom is -0.317 e. The summed E-state index contributed by atoms with van der Waals surface area (Å²) in [4.78, 5) is 13.3. The molecule has 0 saturated carbocycles. The Balaban J connectivity index is 2.34. The van der Waals surface area contributed by atoms with E-state index in [1.54, 1.807) is 6.92 Å². The molecule has 1 saturated heterocycles. The number of nitrogens with one attached hydrogen (secondary N) is 1. The van der Waals surface area contributed by atoms with Crippen molar-refractivity contribution in [2.45, 2.75) is 38.6 Å². The highest BCUT2D eigenvalue weighted by Gasteiger charge is 2.24. The molecule has 1 unspecified atom stereocenters. The smallest absolute Gasteiger partial charge is 0.129 e. The lowest BCUT2D eigenvalue weighted by atomic mass is 9.87. The molecular weight excluding hydrogens is 188 g/mol. The van der Waals surface area contributed by atoms with Crippen LogP contribution in [0, 0.1) is 5.92 Å². The first kappa shape index (κ1) is 12.7. The molecule has 0 bridgehead atoms. The predicted molar refractivity (Wildman–Crippen MR) is 63.0 cm³/mol. The normalized spacial score (nSPS) is 21.5. The van der Waals surface area contributed by atoms with Gasteiger partial charge in [-0.25, -0.2) is 0 Å². The van der Waals surface area contributed by atoms with Crippen molar-refractivity contribution in [2.24, 2.45) is 5.92 Å². The zero-order chi connectivity index (χ0) is 11.3. The Bertz CT molecular complexity index is 198. The number of piperidine rings is 1. The van der Waals surface area contributed by atoms with Gasteiger partial charge in [0, 0.05) is 12.5 Å². The van der Waals surface area contributed by atoms with E-state index in [0.717, 1.165) is 18.8 Å². The molecule has 1 fully saturated rings. The number of carbonyl (C=O) groups is 1. The van der Waals surface area contributed by atoms with Gasteiger partial charge in [-0.15, -0.1) is 0 Å². The first-order chi connectivity index (χ1) is 7.13. The molecule has 0 amide bonds. The van der Waals surface area contributed by atoms with Crippen molar-refractivity contribution < 1.29 is 4.79 Å². The molecule has 15 heavy (non-hydrogen) atoms. The molecule has 0 aliphatic carbocycles. The fraction of sp³-hybridized carbons (Fsp3) is 0.917. The number of ketones is 1. The van der Waals surface area contributed by atoms with Crippen LogP contribution in [0.5, 0.6) is 0 Å². The predicted octanol–water partition coefficient (Wildman–Crippen LogP) is 1.29. The molecule has 1 atom stereocenters. The first-order valence-corrected chi connectivity index (χ1v) is 5.98. The maximum atomic E-state index is 11.0. The van der Waals surface area contributed by atoms with Crippen molar-refractivity contribution in [1.29, 1.82) is 0 Å². The van der Waals surface area contributed by atoms with Crippen LogP contribution in [0.15, 0.2) is 0 Å². The zero-order valence-corrected chi connectivity index (χ0v) is 10.3. The van der Waals surface area contributed by atoms with Gasteiger partial charge in [0.25, 0.3) is 0 Å². The van der Waals surface area contributed by atoms with Crippen LogP contribution in [0.3, 0.4) is 0 Å². The second kappa shape index (κ2) is 6.23. The molecule has 1 N–H and O–H groups in total. The molecule has 0 radical (unpaired) electrons. The monoisotopic (exact) mass is 212 g/mol. The van der Waals surface area contributed by atoms with Gasteiger partial charge in [0.1, 0.15) is 5.78 Å². The number of hydrogen-bond donors (Lipinski definition) is 1. The first-order valence-electron chi connectivity index (χ1n) is 5.98. The van der Waals surface area contributed by atoms with E-state index in [0.29, 0.717) is 11.8 Å². The van der Waals surface area contributed by atoms with E-state index in [1.807, 2.05) is 7.05 Å². The average molecular weight is 212 g/mol. The van der Waals surface area contributed by atoms with Crippen molar-refractivity contribution in [3.8, 4) is 0 Å². The summed E-state index contributed by atoms with van der Waals surface area (Å²) in [6.07, 6.45) is 4.25. The average Bonchev–Trinajstić information content (AvgIpc) is 2.21. The number of nitrogens with zero attached hydrogens (tertiary/aromatic N) is 1. The molecule has 3 nitrogen and oxygen atoms in total. The maximum absolute atomic E-state index is 11.0. The number of Topliss-reactive ketones (excluding diaryl/α,β-unsaturated/α-hetero) is 1. The van der Waals surface area contributed by atoms with E-state index >= 15 is 0 Å². The van der Waals surface area contributed by atoms with Crippen LogP contribution < -0.4 is 5.32 Å². The molecule has 1 heterocycles. The third-order valence-electron chi connectivity index (χ3n) is 3.51. The highest BCUT2D eigenvalue weighted by molar-refractivity contribution is 5.75. The van der Waals surface area contributed by atoms with Gasteiger partial charge in [-0.2, -0.15) is 0 Å². The Hall–Kier alpha value is -0.410. The highest BCUT2D eigenvalue weighted by atomic mass is 16.1. The summed E-state index contributed by atoms with van der Waals surface area (Å²) < 4.78 is 0. The third kappa shape index (κ3) is 4.31. The molecular formula is C12H24N2O. The van der Waals surface area contributed by atoms with E-state index in [2.05, 4.69) is 17.3 Å². The molecule has 0 aromatic heterocycles. The van der Waals surface area contributed by atoms with Gasteiger partial charge in [0.15, 0.2) is 0 Å². The minimum atomic E-state index is 0.308. The van der Waals surface area contributed by atoms with Crippen LogP contribution in [0.25, 0.3) is 0 Å². The summed E-state index contributed by atoms with van der Waals surface area (Å²) in [5, 5.41) is 3.37. The van der Waals surface area contributed by atoms with Gasteiger partial charge in [0.05, 0.1) is 0 Å². The van der Waals surface area contributed by atoms with E-state index in [1.165, 1.54) is 25.9 Å². The number of rotatable bonds is 5.